The first-order valence-electron chi connectivity index (χ1n) is 5.36. The van der Waals surface area contributed by atoms with E-state index in [9.17, 15) is 9.59 Å². The van der Waals surface area contributed by atoms with Gasteiger partial charge >= 0.3 is 5.97 Å². The molecule has 0 amide bonds. The molecule has 0 aliphatic heterocycles. The highest BCUT2D eigenvalue weighted by atomic mass is 16.5. The lowest BCUT2D eigenvalue weighted by Crippen LogP contribution is -2.26. The van der Waals surface area contributed by atoms with Crippen molar-refractivity contribution in [1.29, 1.82) is 0 Å². The molecule has 0 saturated heterocycles. The highest BCUT2D eigenvalue weighted by Gasteiger charge is 2.17. The Balaban J connectivity index is 3.94. The minimum absolute atomic E-state index is 0.0733. The molecule has 0 heterocycles. The summed E-state index contributed by atoms with van der Waals surface area (Å²) in [5.41, 5.74) is -0.487. The van der Waals surface area contributed by atoms with Crippen molar-refractivity contribution in [3.05, 3.63) is 12.2 Å². The molecular weight excluding hydrogens is 208 g/mol. The van der Waals surface area contributed by atoms with Gasteiger partial charge in [0.15, 0.2) is 5.78 Å². The quantitative estimate of drug-likeness (QED) is 0.379. The molecule has 0 bridgehead atoms. The van der Waals surface area contributed by atoms with Crippen molar-refractivity contribution < 1.29 is 19.1 Å². The summed E-state index contributed by atoms with van der Waals surface area (Å²) in [5.74, 6) is -0.768. The maximum atomic E-state index is 11.3. The lowest BCUT2D eigenvalue weighted by atomic mass is 10.1. The Morgan fingerprint density at radius 1 is 1.31 bits per heavy atom. The Kier molecular flexibility index (Phi) is 6.65. The second-order valence-corrected chi connectivity index (χ2v) is 3.91. The van der Waals surface area contributed by atoms with Gasteiger partial charge in [-0.3, -0.25) is 9.59 Å². The number of esters is 1. The molecule has 4 heteroatoms. The van der Waals surface area contributed by atoms with E-state index in [1.807, 2.05) is 32.9 Å². The molecule has 0 aromatic rings. The average molecular weight is 228 g/mol. The number of ether oxygens (including phenoxy) is 2. The summed E-state index contributed by atoms with van der Waals surface area (Å²) >= 11 is 0. The van der Waals surface area contributed by atoms with Crippen LogP contribution in [-0.4, -0.2) is 30.6 Å². The summed E-state index contributed by atoms with van der Waals surface area (Å²) in [6, 6.07) is 0. The molecule has 0 aromatic carbocycles. The molecule has 0 radical (unpaired) electrons. The first-order chi connectivity index (χ1) is 7.41. The lowest BCUT2D eigenvalue weighted by Gasteiger charge is -2.20. The number of carbonyl (C=O) groups excluding carboxylic acids is 2. The molecule has 0 fully saturated rings. The molecule has 92 valence electrons. The van der Waals surface area contributed by atoms with E-state index in [1.165, 1.54) is 0 Å². The second-order valence-electron chi connectivity index (χ2n) is 3.91. The number of Topliss-reactive ketones (excluding diaryl/α,β-unsaturated/α-hetero) is 1. The summed E-state index contributed by atoms with van der Waals surface area (Å²) < 4.78 is 10.0. The molecule has 0 aliphatic rings. The molecule has 0 N–H and O–H groups in total. The zero-order chi connectivity index (χ0) is 12.6. The van der Waals surface area contributed by atoms with Crippen molar-refractivity contribution in [1.82, 2.24) is 0 Å². The largest absolute Gasteiger partial charge is 0.466 e. The van der Waals surface area contributed by atoms with E-state index in [0.717, 1.165) is 0 Å². The molecule has 0 saturated carbocycles. The van der Waals surface area contributed by atoms with Crippen LogP contribution in [0.15, 0.2) is 12.2 Å². The van der Waals surface area contributed by atoms with Gasteiger partial charge in [0, 0.05) is 0 Å². The van der Waals surface area contributed by atoms with E-state index < -0.39 is 11.6 Å². The number of hydrogen-bond acceptors (Lipinski definition) is 4. The first kappa shape index (κ1) is 14.8. The Labute approximate surface area is 96.6 Å². The van der Waals surface area contributed by atoms with Gasteiger partial charge in [-0.15, -0.1) is 0 Å². The molecule has 16 heavy (non-hydrogen) atoms. The average Bonchev–Trinajstić information content (AvgIpc) is 2.15. The predicted octanol–water partition coefficient (Wildman–Crippen LogP) is 1.88. The smallest absolute Gasteiger partial charge is 0.313 e. The lowest BCUT2D eigenvalue weighted by molar-refractivity contribution is -0.147. The van der Waals surface area contributed by atoms with E-state index in [0.29, 0.717) is 0 Å². The molecule has 4 nitrogen and oxygen atoms in total. The third kappa shape index (κ3) is 7.17. The monoisotopic (exact) mass is 228 g/mol. The van der Waals surface area contributed by atoms with Crippen LogP contribution in [0.1, 0.15) is 34.1 Å². The fourth-order valence-electron chi connectivity index (χ4n) is 1.14. The SMILES string of the molecule is C/C=C\C(C)(C)OCC(=O)CC(=O)OCC. The predicted molar refractivity (Wildman–Crippen MR) is 61.1 cm³/mol. The molecule has 0 aliphatic carbocycles. The normalized spacial score (nSPS) is 11.8. The van der Waals surface area contributed by atoms with Crippen molar-refractivity contribution in [2.24, 2.45) is 0 Å². The third-order valence-electron chi connectivity index (χ3n) is 1.82. The summed E-state index contributed by atoms with van der Waals surface area (Å²) in [5, 5.41) is 0. The van der Waals surface area contributed by atoms with Crippen LogP contribution in [0, 0.1) is 0 Å². The van der Waals surface area contributed by atoms with Crippen molar-refractivity contribution in [3.63, 3.8) is 0 Å². The Morgan fingerprint density at radius 3 is 2.44 bits per heavy atom. The zero-order valence-corrected chi connectivity index (χ0v) is 10.4. The Bertz CT molecular complexity index is 266. The van der Waals surface area contributed by atoms with Gasteiger partial charge in [0.25, 0.3) is 0 Å². The van der Waals surface area contributed by atoms with Crippen molar-refractivity contribution in [2.75, 3.05) is 13.2 Å². The summed E-state index contributed by atoms with van der Waals surface area (Å²) in [6.07, 6.45) is 3.49. The Hall–Kier alpha value is -1.16. The van der Waals surface area contributed by atoms with Crippen LogP contribution in [0.5, 0.6) is 0 Å². The van der Waals surface area contributed by atoms with Gasteiger partial charge in [-0.2, -0.15) is 0 Å². The minimum atomic E-state index is -0.500. The summed E-state index contributed by atoms with van der Waals surface area (Å²) in [4.78, 5) is 22.3. The van der Waals surface area contributed by atoms with Crippen molar-refractivity contribution in [3.8, 4) is 0 Å². The van der Waals surface area contributed by atoms with Gasteiger partial charge in [0.1, 0.15) is 13.0 Å². The molecule has 0 atom stereocenters. The number of carbonyl (C=O) groups is 2. The number of rotatable bonds is 7. The van der Waals surface area contributed by atoms with Crippen LogP contribution >= 0.6 is 0 Å². The maximum Gasteiger partial charge on any atom is 0.313 e. The van der Waals surface area contributed by atoms with Gasteiger partial charge in [-0.1, -0.05) is 12.2 Å². The van der Waals surface area contributed by atoms with Crippen LogP contribution in [-0.2, 0) is 19.1 Å². The van der Waals surface area contributed by atoms with Gasteiger partial charge in [0.05, 0.1) is 12.2 Å². The van der Waals surface area contributed by atoms with Crippen molar-refractivity contribution >= 4 is 11.8 Å². The standard InChI is InChI=1S/C12H20O4/c1-5-7-12(3,4)16-9-10(13)8-11(14)15-6-2/h5,7H,6,8-9H2,1-4H3/b7-5-. The van der Waals surface area contributed by atoms with Gasteiger partial charge in [0.2, 0.25) is 0 Å². The minimum Gasteiger partial charge on any atom is -0.466 e. The van der Waals surface area contributed by atoms with E-state index in [-0.39, 0.29) is 25.4 Å². The molecule has 0 rings (SSSR count). The zero-order valence-electron chi connectivity index (χ0n) is 10.4. The highest BCUT2D eigenvalue weighted by Crippen LogP contribution is 2.10. The fraction of sp³-hybridized carbons (Fsp3) is 0.667. The topological polar surface area (TPSA) is 52.6 Å². The van der Waals surface area contributed by atoms with Crippen molar-refractivity contribution in [2.45, 2.75) is 39.7 Å². The van der Waals surface area contributed by atoms with E-state index in [1.54, 1.807) is 6.92 Å². The first-order valence-corrected chi connectivity index (χ1v) is 5.36. The highest BCUT2D eigenvalue weighted by molar-refractivity contribution is 5.96. The fourth-order valence-corrected chi connectivity index (χ4v) is 1.14. The van der Waals surface area contributed by atoms with Crippen LogP contribution in [0.2, 0.25) is 0 Å². The number of ketones is 1. The van der Waals surface area contributed by atoms with E-state index in [2.05, 4.69) is 4.74 Å². The molecule has 0 aromatic heterocycles. The third-order valence-corrected chi connectivity index (χ3v) is 1.82. The Morgan fingerprint density at radius 2 is 1.94 bits per heavy atom. The van der Waals surface area contributed by atoms with Crippen LogP contribution in [0.4, 0.5) is 0 Å². The van der Waals surface area contributed by atoms with Gasteiger partial charge in [-0.05, 0) is 27.7 Å². The number of hydrogen-bond donors (Lipinski definition) is 0. The van der Waals surface area contributed by atoms with E-state index >= 15 is 0 Å². The molecule has 0 unspecified atom stereocenters. The van der Waals surface area contributed by atoms with Crippen LogP contribution in [0.25, 0.3) is 0 Å². The van der Waals surface area contributed by atoms with Gasteiger partial charge in [-0.25, -0.2) is 0 Å². The van der Waals surface area contributed by atoms with E-state index in [4.69, 9.17) is 4.74 Å². The maximum absolute atomic E-state index is 11.3. The van der Waals surface area contributed by atoms with Gasteiger partial charge < -0.3 is 9.47 Å². The summed E-state index contributed by atoms with van der Waals surface area (Å²) in [6.45, 7) is 7.50. The second kappa shape index (κ2) is 7.17. The molecular formula is C12H20O4. The van der Waals surface area contributed by atoms with Crippen LogP contribution < -0.4 is 0 Å². The summed E-state index contributed by atoms with van der Waals surface area (Å²) in [7, 11) is 0. The van der Waals surface area contributed by atoms with Crippen LogP contribution in [0.3, 0.4) is 0 Å². The number of allylic oxidation sites excluding steroid dienone is 1. The molecule has 0 spiro atoms.